The molecule has 0 aliphatic heterocycles. The number of rotatable bonds is 9. The number of amides is 1. The Kier molecular flexibility index (Phi) is 7.16. The number of unbranched alkanes of at least 4 members (excludes halogenated alkanes) is 1. The third-order valence-electron chi connectivity index (χ3n) is 2.81. The summed E-state index contributed by atoms with van der Waals surface area (Å²) in [7, 11) is 0. The highest BCUT2D eigenvalue weighted by Gasteiger charge is 2.20. The average Bonchev–Trinajstić information content (AvgIpc) is 2.91. The molecule has 0 saturated heterocycles. The maximum absolute atomic E-state index is 11.4. The second-order valence-electron chi connectivity index (χ2n) is 4.49. The summed E-state index contributed by atoms with van der Waals surface area (Å²) in [6.07, 6.45) is 5.95. The number of carboxylic acids is 1. The van der Waals surface area contributed by atoms with Crippen LogP contribution in [-0.2, 0) is 16.0 Å². The zero-order chi connectivity index (χ0) is 14.8. The molecule has 3 N–H and O–H groups in total. The van der Waals surface area contributed by atoms with Crippen molar-refractivity contribution in [1.82, 2.24) is 15.3 Å². The zero-order valence-electron chi connectivity index (χ0n) is 11.6. The average molecular weight is 283 g/mol. The van der Waals surface area contributed by atoms with Crippen molar-refractivity contribution >= 4 is 12.1 Å². The maximum Gasteiger partial charge on any atom is 0.407 e. The predicted octanol–water partition coefficient (Wildman–Crippen LogP) is 1.71. The fourth-order valence-electron chi connectivity index (χ4n) is 1.67. The van der Waals surface area contributed by atoms with Crippen LogP contribution in [0.1, 0.15) is 38.3 Å². The number of aromatic nitrogens is 2. The molecule has 7 nitrogen and oxygen atoms in total. The Hall–Kier alpha value is -2.05. The molecule has 0 saturated carbocycles. The first-order chi connectivity index (χ1) is 9.63. The van der Waals surface area contributed by atoms with Crippen molar-refractivity contribution in [2.45, 2.75) is 45.1 Å². The molecular weight excluding hydrogens is 262 g/mol. The first-order valence-electron chi connectivity index (χ1n) is 6.76. The van der Waals surface area contributed by atoms with E-state index in [1.165, 1.54) is 0 Å². The van der Waals surface area contributed by atoms with Crippen LogP contribution in [-0.4, -0.2) is 39.8 Å². The summed E-state index contributed by atoms with van der Waals surface area (Å²) in [6, 6.07) is -0.924. The van der Waals surface area contributed by atoms with Gasteiger partial charge in [-0.3, -0.25) is 0 Å². The van der Waals surface area contributed by atoms with E-state index in [9.17, 15) is 9.59 Å². The molecular formula is C13H21N3O4. The summed E-state index contributed by atoms with van der Waals surface area (Å²) >= 11 is 0. The molecule has 1 unspecified atom stereocenters. The lowest BCUT2D eigenvalue weighted by Gasteiger charge is -2.14. The number of aliphatic carboxylic acids is 1. The monoisotopic (exact) mass is 283 g/mol. The molecule has 0 fully saturated rings. The molecule has 1 amide bonds. The van der Waals surface area contributed by atoms with E-state index in [0.717, 1.165) is 18.5 Å². The van der Waals surface area contributed by atoms with E-state index in [1.54, 1.807) is 12.5 Å². The van der Waals surface area contributed by atoms with Gasteiger partial charge >= 0.3 is 12.1 Å². The molecule has 20 heavy (non-hydrogen) atoms. The lowest BCUT2D eigenvalue weighted by atomic mass is 10.1. The van der Waals surface area contributed by atoms with Gasteiger partial charge in [-0.25, -0.2) is 14.6 Å². The van der Waals surface area contributed by atoms with Gasteiger partial charge in [0.05, 0.1) is 12.9 Å². The van der Waals surface area contributed by atoms with Crippen LogP contribution < -0.4 is 5.32 Å². The van der Waals surface area contributed by atoms with Gasteiger partial charge in [-0.15, -0.1) is 0 Å². The number of nitrogens with one attached hydrogen (secondary N) is 2. The van der Waals surface area contributed by atoms with Crippen molar-refractivity contribution in [3.05, 3.63) is 18.2 Å². The van der Waals surface area contributed by atoms with Crippen molar-refractivity contribution in [2.75, 3.05) is 6.61 Å². The van der Waals surface area contributed by atoms with E-state index in [1.807, 2.05) is 6.92 Å². The SMILES string of the molecule is CCCCOC(=O)NC(CCCc1cnc[nH]1)C(=O)O. The lowest BCUT2D eigenvalue weighted by Crippen LogP contribution is -2.41. The molecule has 1 aromatic heterocycles. The highest BCUT2D eigenvalue weighted by atomic mass is 16.5. The first kappa shape index (κ1) is 16.0. The largest absolute Gasteiger partial charge is 0.480 e. The van der Waals surface area contributed by atoms with E-state index < -0.39 is 18.1 Å². The van der Waals surface area contributed by atoms with Crippen LogP contribution >= 0.6 is 0 Å². The highest BCUT2D eigenvalue weighted by molar-refractivity contribution is 5.79. The molecule has 1 heterocycles. The third kappa shape index (κ3) is 6.21. The van der Waals surface area contributed by atoms with Gasteiger partial charge in [0.2, 0.25) is 0 Å². The summed E-state index contributed by atoms with van der Waals surface area (Å²) < 4.78 is 4.89. The third-order valence-corrected chi connectivity index (χ3v) is 2.81. The van der Waals surface area contributed by atoms with Gasteiger partial charge < -0.3 is 20.1 Å². The second kappa shape index (κ2) is 8.95. The van der Waals surface area contributed by atoms with E-state index in [4.69, 9.17) is 9.84 Å². The van der Waals surface area contributed by atoms with Crippen LogP contribution in [0.4, 0.5) is 4.79 Å². The van der Waals surface area contributed by atoms with Gasteiger partial charge in [-0.1, -0.05) is 13.3 Å². The molecule has 0 bridgehead atoms. The molecule has 0 aliphatic carbocycles. The number of H-pyrrole nitrogens is 1. The molecule has 0 radical (unpaired) electrons. The topological polar surface area (TPSA) is 104 Å². The molecule has 1 aromatic rings. The van der Waals surface area contributed by atoms with Gasteiger partial charge in [0, 0.05) is 11.9 Å². The lowest BCUT2D eigenvalue weighted by molar-refractivity contribution is -0.139. The number of aryl methyl sites for hydroxylation is 1. The summed E-state index contributed by atoms with van der Waals surface area (Å²) in [5.41, 5.74) is 0.944. The number of nitrogens with zero attached hydrogens (tertiary/aromatic N) is 1. The fraction of sp³-hybridized carbons (Fsp3) is 0.615. The standard InChI is InChI=1S/C13H21N3O4/c1-2-3-7-20-13(19)16-11(12(17)18)6-4-5-10-8-14-9-15-10/h8-9,11H,2-7H2,1H3,(H,14,15)(H,16,19)(H,17,18). The number of ether oxygens (including phenoxy) is 1. The molecule has 0 aromatic carbocycles. The Labute approximate surface area is 117 Å². The predicted molar refractivity (Wildman–Crippen MR) is 72.3 cm³/mol. The van der Waals surface area contributed by atoms with Crippen LogP contribution in [0.5, 0.6) is 0 Å². The molecule has 7 heteroatoms. The van der Waals surface area contributed by atoms with Crippen LogP contribution in [0.2, 0.25) is 0 Å². The number of alkyl carbamates (subject to hydrolysis) is 1. The zero-order valence-corrected chi connectivity index (χ0v) is 11.6. The Morgan fingerprint density at radius 3 is 2.90 bits per heavy atom. The van der Waals surface area contributed by atoms with Gasteiger partial charge in [0.1, 0.15) is 6.04 Å². The van der Waals surface area contributed by atoms with Crippen LogP contribution in [0, 0.1) is 0 Å². The van der Waals surface area contributed by atoms with E-state index in [0.29, 0.717) is 25.9 Å². The summed E-state index contributed by atoms with van der Waals surface area (Å²) in [5, 5.41) is 11.4. The quantitative estimate of drug-likeness (QED) is 0.598. The number of hydrogen-bond donors (Lipinski definition) is 3. The van der Waals surface area contributed by atoms with Gasteiger partial charge in [-0.2, -0.15) is 0 Å². The van der Waals surface area contributed by atoms with Gasteiger partial charge in [-0.05, 0) is 25.7 Å². The van der Waals surface area contributed by atoms with Crippen molar-refractivity contribution in [3.63, 3.8) is 0 Å². The minimum Gasteiger partial charge on any atom is -0.480 e. The van der Waals surface area contributed by atoms with Crippen LogP contribution in [0.15, 0.2) is 12.5 Å². The summed E-state index contributed by atoms with van der Waals surface area (Å²) in [5.74, 6) is -1.05. The fourth-order valence-corrected chi connectivity index (χ4v) is 1.67. The number of aromatic amines is 1. The number of imidazole rings is 1. The Balaban J connectivity index is 2.28. The van der Waals surface area contributed by atoms with Crippen molar-refractivity contribution in [3.8, 4) is 0 Å². The van der Waals surface area contributed by atoms with E-state index >= 15 is 0 Å². The van der Waals surface area contributed by atoms with E-state index in [2.05, 4.69) is 15.3 Å². The smallest absolute Gasteiger partial charge is 0.407 e. The van der Waals surface area contributed by atoms with Gasteiger partial charge in [0.15, 0.2) is 0 Å². The van der Waals surface area contributed by atoms with Crippen LogP contribution in [0.3, 0.4) is 0 Å². The van der Waals surface area contributed by atoms with Gasteiger partial charge in [0.25, 0.3) is 0 Å². The number of hydrogen-bond acceptors (Lipinski definition) is 4. The minimum atomic E-state index is -1.05. The Morgan fingerprint density at radius 2 is 2.30 bits per heavy atom. The van der Waals surface area contributed by atoms with Crippen LogP contribution in [0.25, 0.3) is 0 Å². The highest BCUT2D eigenvalue weighted by Crippen LogP contribution is 2.04. The summed E-state index contributed by atoms with van der Waals surface area (Å²) in [4.78, 5) is 29.3. The Bertz CT molecular complexity index is 406. The number of carboxylic acid groups (broad SMARTS) is 1. The Morgan fingerprint density at radius 1 is 1.50 bits per heavy atom. The van der Waals surface area contributed by atoms with Crippen molar-refractivity contribution in [2.24, 2.45) is 0 Å². The number of carbonyl (C=O) groups excluding carboxylic acids is 1. The van der Waals surface area contributed by atoms with E-state index in [-0.39, 0.29) is 0 Å². The van der Waals surface area contributed by atoms with Crippen molar-refractivity contribution < 1.29 is 19.4 Å². The summed E-state index contributed by atoms with van der Waals surface area (Å²) in [6.45, 7) is 2.29. The number of carbonyl (C=O) groups is 2. The second-order valence-corrected chi connectivity index (χ2v) is 4.49. The first-order valence-corrected chi connectivity index (χ1v) is 6.76. The molecule has 0 spiro atoms. The maximum atomic E-state index is 11.4. The molecule has 1 atom stereocenters. The van der Waals surface area contributed by atoms with Crippen molar-refractivity contribution in [1.29, 1.82) is 0 Å². The normalized spacial score (nSPS) is 11.8. The molecule has 0 aliphatic rings. The molecule has 112 valence electrons. The minimum absolute atomic E-state index is 0.308. The molecule has 1 rings (SSSR count).